The Balaban J connectivity index is 1.63. The maximum Gasteiger partial charge on any atom is 0.269 e. The van der Waals surface area contributed by atoms with E-state index in [0.717, 1.165) is 0 Å². The Morgan fingerprint density at radius 3 is 2.50 bits per heavy atom. The van der Waals surface area contributed by atoms with Crippen LogP contribution in [0.5, 0.6) is 5.75 Å². The molecule has 0 fully saturated rings. The van der Waals surface area contributed by atoms with Crippen LogP contribution >= 0.6 is 0 Å². The van der Waals surface area contributed by atoms with Crippen molar-refractivity contribution in [3.8, 4) is 5.75 Å². The number of hydrogen-bond acceptors (Lipinski definition) is 6. The van der Waals surface area contributed by atoms with Crippen LogP contribution in [-0.4, -0.2) is 29.2 Å². The number of rotatable bonds is 1. The lowest BCUT2D eigenvalue weighted by Gasteiger charge is -2.31. The molecule has 0 spiro atoms. The van der Waals surface area contributed by atoms with E-state index >= 15 is 0 Å². The summed E-state index contributed by atoms with van der Waals surface area (Å²) in [7, 11) is 0. The SMILES string of the molecule is O=C1C2=C(C(=O)c3ccccc31)[C@@H]1Oc3ccc([N+](=O)[O-])cc3[C@@H]1CO2. The summed E-state index contributed by atoms with van der Waals surface area (Å²) in [6, 6.07) is 10.9. The maximum absolute atomic E-state index is 13.0. The van der Waals surface area contributed by atoms with E-state index in [1.165, 1.54) is 18.2 Å². The zero-order chi connectivity index (χ0) is 18.0. The number of ketones is 2. The van der Waals surface area contributed by atoms with Gasteiger partial charge in [0.25, 0.3) is 5.69 Å². The summed E-state index contributed by atoms with van der Waals surface area (Å²) in [6.07, 6.45) is -0.680. The first kappa shape index (κ1) is 14.8. The molecule has 0 N–H and O–H groups in total. The summed E-state index contributed by atoms with van der Waals surface area (Å²) in [4.78, 5) is 36.3. The molecule has 0 unspecified atom stereocenters. The molecule has 2 aromatic carbocycles. The molecule has 0 saturated carbocycles. The van der Waals surface area contributed by atoms with Gasteiger partial charge < -0.3 is 9.47 Å². The quantitative estimate of drug-likeness (QED) is 0.580. The summed E-state index contributed by atoms with van der Waals surface area (Å²) in [5.74, 6) is -0.503. The molecule has 0 amide bonds. The van der Waals surface area contributed by atoms with Crippen LogP contribution in [0.15, 0.2) is 53.8 Å². The molecule has 0 radical (unpaired) electrons. The highest BCUT2D eigenvalue weighted by Gasteiger charge is 2.49. The van der Waals surface area contributed by atoms with Gasteiger partial charge in [-0.15, -0.1) is 0 Å². The van der Waals surface area contributed by atoms with Gasteiger partial charge in [-0.05, 0) is 6.07 Å². The van der Waals surface area contributed by atoms with Crippen molar-refractivity contribution < 1.29 is 24.0 Å². The van der Waals surface area contributed by atoms with Crippen molar-refractivity contribution in [3.05, 3.63) is 80.6 Å². The minimum absolute atomic E-state index is 0.0252. The van der Waals surface area contributed by atoms with Crippen molar-refractivity contribution in [2.75, 3.05) is 6.61 Å². The third kappa shape index (κ3) is 1.82. The number of nitro benzene ring substituents is 1. The second-order valence-corrected chi connectivity index (χ2v) is 6.38. The number of fused-ring (bicyclic) bond motifs is 5. The number of nitrogens with zero attached hydrogens (tertiary/aromatic N) is 1. The molecule has 3 aliphatic rings. The molecule has 26 heavy (non-hydrogen) atoms. The van der Waals surface area contributed by atoms with Crippen molar-refractivity contribution in [1.82, 2.24) is 0 Å². The van der Waals surface area contributed by atoms with Crippen LogP contribution in [0.4, 0.5) is 5.69 Å². The van der Waals surface area contributed by atoms with E-state index in [2.05, 4.69) is 0 Å². The Morgan fingerprint density at radius 2 is 1.77 bits per heavy atom. The highest BCUT2D eigenvalue weighted by atomic mass is 16.6. The standard InChI is InChI=1S/C19H11NO6/c21-16-10-3-1-2-4-11(10)17(22)19-15(16)18-13(8-25-19)12-7-9(20(23)24)5-6-14(12)26-18/h1-7,13,18H,8H2/t13-,18+/m0/s1. The van der Waals surface area contributed by atoms with Gasteiger partial charge in [-0.1, -0.05) is 24.3 Å². The fraction of sp³-hybridized carbons (Fsp3) is 0.158. The van der Waals surface area contributed by atoms with E-state index in [1.54, 1.807) is 24.3 Å². The van der Waals surface area contributed by atoms with Crippen molar-refractivity contribution >= 4 is 17.3 Å². The zero-order valence-corrected chi connectivity index (χ0v) is 13.3. The van der Waals surface area contributed by atoms with Crippen LogP contribution in [0.2, 0.25) is 0 Å². The first-order valence-corrected chi connectivity index (χ1v) is 8.06. The fourth-order valence-electron chi connectivity index (χ4n) is 3.81. The van der Waals surface area contributed by atoms with Gasteiger partial charge in [0.1, 0.15) is 11.9 Å². The van der Waals surface area contributed by atoms with E-state index in [1.807, 2.05) is 0 Å². The van der Waals surface area contributed by atoms with Gasteiger partial charge in [0.15, 0.2) is 11.5 Å². The Kier molecular flexibility index (Phi) is 2.86. The normalized spacial score (nSPS) is 22.6. The van der Waals surface area contributed by atoms with E-state index in [4.69, 9.17) is 9.47 Å². The predicted molar refractivity (Wildman–Crippen MR) is 88.3 cm³/mol. The van der Waals surface area contributed by atoms with Crippen molar-refractivity contribution in [2.24, 2.45) is 0 Å². The van der Waals surface area contributed by atoms with Gasteiger partial charge >= 0.3 is 0 Å². The second kappa shape index (κ2) is 5.01. The lowest BCUT2D eigenvalue weighted by atomic mass is 9.80. The van der Waals surface area contributed by atoms with Crippen molar-refractivity contribution in [3.63, 3.8) is 0 Å². The largest absolute Gasteiger partial charge is 0.488 e. The topological polar surface area (TPSA) is 95.7 Å². The number of carbonyl (C=O) groups is 2. The minimum Gasteiger partial charge on any atom is -0.488 e. The monoisotopic (exact) mass is 349 g/mol. The predicted octanol–water partition coefficient (Wildman–Crippen LogP) is 2.80. The Bertz CT molecular complexity index is 1050. The van der Waals surface area contributed by atoms with Gasteiger partial charge in [-0.25, -0.2) is 0 Å². The van der Waals surface area contributed by atoms with Crippen molar-refractivity contribution in [1.29, 1.82) is 0 Å². The number of benzene rings is 2. The first-order chi connectivity index (χ1) is 12.6. The Morgan fingerprint density at radius 1 is 1.04 bits per heavy atom. The van der Waals surface area contributed by atoms with Crippen LogP contribution < -0.4 is 4.74 Å². The molecule has 1 aliphatic carbocycles. The summed E-state index contributed by atoms with van der Waals surface area (Å²) in [5, 5.41) is 11.0. The van der Waals surface area contributed by atoms with Gasteiger partial charge in [-0.3, -0.25) is 19.7 Å². The van der Waals surface area contributed by atoms with Crippen LogP contribution in [-0.2, 0) is 4.74 Å². The number of ether oxygens (including phenoxy) is 2. The lowest BCUT2D eigenvalue weighted by Crippen LogP contribution is -2.39. The first-order valence-electron chi connectivity index (χ1n) is 8.06. The number of hydrogen-bond donors (Lipinski definition) is 0. The zero-order valence-electron chi connectivity index (χ0n) is 13.3. The molecule has 0 bridgehead atoms. The molecule has 0 aromatic heterocycles. The number of allylic oxidation sites excluding steroid dienone is 1. The number of nitro groups is 1. The average Bonchev–Trinajstić information content (AvgIpc) is 3.03. The Labute approximate surface area is 147 Å². The van der Waals surface area contributed by atoms with Crippen LogP contribution in [0, 0.1) is 10.1 Å². The second-order valence-electron chi connectivity index (χ2n) is 6.38. The fourth-order valence-corrected chi connectivity index (χ4v) is 3.81. The summed E-state index contributed by atoms with van der Waals surface area (Å²) >= 11 is 0. The van der Waals surface area contributed by atoms with Crippen LogP contribution in [0.3, 0.4) is 0 Å². The minimum atomic E-state index is -0.680. The molecule has 2 atom stereocenters. The average molecular weight is 349 g/mol. The molecular weight excluding hydrogens is 338 g/mol. The van der Waals surface area contributed by atoms with Crippen molar-refractivity contribution in [2.45, 2.75) is 12.0 Å². The summed E-state index contributed by atoms with van der Waals surface area (Å²) in [6.45, 7) is 0.124. The van der Waals surface area contributed by atoms with Crippen LogP contribution in [0.25, 0.3) is 0 Å². The molecule has 2 aromatic rings. The highest BCUT2D eigenvalue weighted by molar-refractivity contribution is 6.26. The van der Waals surface area contributed by atoms with Gasteiger partial charge in [0.2, 0.25) is 5.78 Å². The Hall–Kier alpha value is -3.48. The number of non-ortho nitro benzene ring substituents is 1. The summed E-state index contributed by atoms with van der Waals surface area (Å²) in [5.41, 5.74) is 1.41. The smallest absolute Gasteiger partial charge is 0.269 e. The van der Waals surface area contributed by atoms with Gasteiger partial charge in [0, 0.05) is 28.8 Å². The van der Waals surface area contributed by atoms with Gasteiger partial charge in [0.05, 0.1) is 23.0 Å². The molecule has 7 nitrogen and oxygen atoms in total. The lowest BCUT2D eigenvalue weighted by molar-refractivity contribution is -0.384. The molecular formula is C19H11NO6. The molecule has 5 rings (SSSR count). The molecule has 128 valence electrons. The van der Waals surface area contributed by atoms with E-state index in [0.29, 0.717) is 22.4 Å². The number of carbonyl (C=O) groups excluding carboxylic acids is 2. The third-order valence-electron chi connectivity index (χ3n) is 5.03. The van der Waals surface area contributed by atoms with E-state index < -0.39 is 11.0 Å². The van der Waals surface area contributed by atoms with E-state index in [-0.39, 0.29) is 41.1 Å². The van der Waals surface area contributed by atoms with Gasteiger partial charge in [-0.2, -0.15) is 0 Å². The third-order valence-corrected chi connectivity index (χ3v) is 5.03. The van der Waals surface area contributed by atoms with E-state index in [9.17, 15) is 19.7 Å². The molecule has 7 heteroatoms. The molecule has 2 heterocycles. The molecule has 0 saturated heterocycles. The summed E-state index contributed by atoms with van der Waals surface area (Å²) < 4.78 is 11.6. The maximum atomic E-state index is 13.0. The highest BCUT2D eigenvalue weighted by Crippen LogP contribution is 2.47. The molecule has 2 aliphatic heterocycles. The van der Waals surface area contributed by atoms with Crippen LogP contribution in [0.1, 0.15) is 32.2 Å². The number of Topliss-reactive ketones (excluding diaryl/α,β-unsaturated/α-hetero) is 2.